The summed E-state index contributed by atoms with van der Waals surface area (Å²) in [7, 11) is 0. The Bertz CT molecular complexity index is 519. The molecule has 0 saturated heterocycles. The Labute approximate surface area is 99.8 Å². The fourth-order valence-corrected chi connectivity index (χ4v) is 1.80. The van der Waals surface area contributed by atoms with Gasteiger partial charge < -0.3 is 5.11 Å². The van der Waals surface area contributed by atoms with E-state index in [9.17, 15) is 9.50 Å². The Balaban J connectivity index is 2.39. The van der Waals surface area contributed by atoms with Crippen LogP contribution < -0.4 is 0 Å². The Morgan fingerprint density at radius 2 is 1.88 bits per heavy atom. The number of benzene rings is 1. The molecule has 0 aliphatic heterocycles. The molecule has 2 aromatic rings. The van der Waals surface area contributed by atoms with Crippen molar-refractivity contribution in [2.45, 2.75) is 20.0 Å². The van der Waals surface area contributed by atoms with E-state index < -0.39 is 6.10 Å². The Morgan fingerprint density at radius 1 is 1.12 bits per heavy atom. The van der Waals surface area contributed by atoms with Gasteiger partial charge in [-0.3, -0.25) is 4.98 Å². The molecule has 1 aromatic heterocycles. The second kappa shape index (κ2) is 4.63. The highest BCUT2D eigenvalue weighted by molar-refractivity contribution is 5.31. The molecule has 2 rings (SSSR count). The normalized spacial score (nSPS) is 12.5. The molecule has 0 saturated carbocycles. The third kappa shape index (κ3) is 2.68. The van der Waals surface area contributed by atoms with Gasteiger partial charge in [0.1, 0.15) is 11.9 Å². The maximum atomic E-state index is 13.3. The van der Waals surface area contributed by atoms with E-state index in [4.69, 9.17) is 0 Å². The molecule has 2 nitrogen and oxygen atoms in total. The quantitative estimate of drug-likeness (QED) is 0.862. The molecule has 0 spiro atoms. The van der Waals surface area contributed by atoms with Crippen molar-refractivity contribution in [1.29, 1.82) is 0 Å². The summed E-state index contributed by atoms with van der Waals surface area (Å²) in [6.45, 7) is 3.72. The lowest BCUT2D eigenvalue weighted by Crippen LogP contribution is -2.03. The van der Waals surface area contributed by atoms with Crippen LogP contribution in [0.1, 0.15) is 28.5 Å². The number of aliphatic hydroxyl groups is 1. The van der Waals surface area contributed by atoms with Crippen molar-refractivity contribution in [2.24, 2.45) is 0 Å². The van der Waals surface area contributed by atoms with Gasteiger partial charge in [0.25, 0.3) is 0 Å². The molecule has 0 fully saturated rings. The third-order valence-electron chi connectivity index (χ3n) is 2.60. The zero-order valence-corrected chi connectivity index (χ0v) is 9.81. The smallest absolute Gasteiger partial charge is 0.123 e. The SMILES string of the molecule is Cc1cc(F)cc(C(O)c2cc(C)ccn2)c1. The molecule has 17 heavy (non-hydrogen) atoms. The molecule has 0 bridgehead atoms. The molecular weight excluding hydrogens is 217 g/mol. The lowest BCUT2D eigenvalue weighted by Gasteiger charge is -2.12. The van der Waals surface area contributed by atoms with Gasteiger partial charge in [0.2, 0.25) is 0 Å². The second-order valence-corrected chi connectivity index (χ2v) is 4.22. The summed E-state index contributed by atoms with van der Waals surface area (Å²) in [5.74, 6) is -0.341. The average molecular weight is 231 g/mol. The summed E-state index contributed by atoms with van der Waals surface area (Å²) in [5, 5.41) is 10.1. The van der Waals surface area contributed by atoms with Crippen molar-refractivity contribution in [3.05, 3.63) is 64.7 Å². The van der Waals surface area contributed by atoms with E-state index in [1.807, 2.05) is 13.0 Å². The van der Waals surface area contributed by atoms with E-state index in [1.54, 1.807) is 25.3 Å². The predicted octanol–water partition coefficient (Wildman–Crippen LogP) is 2.92. The fraction of sp³-hybridized carbons (Fsp3) is 0.214. The van der Waals surface area contributed by atoms with Gasteiger partial charge in [-0.1, -0.05) is 6.07 Å². The number of aromatic nitrogens is 1. The number of halogens is 1. The molecule has 0 amide bonds. The van der Waals surface area contributed by atoms with Crippen molar-refractivity contribution < 1.29 is 9.50 Å². The highest BCUT2D eigenvalue weighted by atomic mass is 19.1. The van der Waals surface area contributed by atoms with Crippen LogP contribution in [-0.4, -0.2) is 10.1 Å². The van der Waals surface area contributed by atoms with Crippen LogP contribution in [0.4, 0.5) is 4.39 Å². The number of hydrogen-bond donors (Lipinski definition) is 1. The van der Waals surface area contributed by atoms with Gasteiger partial charge in [0, 0.05) is 6.20 Å². The molecule has 1 N–H and O–H groups in total. The molecule has 0 radical (unpaired) electrons. The lowest BCUT2D eigenvalue weighted by molar-refractivity contribution is 0.214. The topological polar surface area (TPSA) is 33.1 Å². The first-order valence-electron chi connectivity index (χ1n) is 5.44. The van der Waals surface area contributed by atoms with Gasteiger partial charge in [-0.25, -0.2) is 4.39 Å². The van der Waals surface area contributed by atoms with Gasteiger partial charge in [0.15, 0.2) is 0 Å². The number of pyridine rings is 1. The molecular formula is C14H14FNO. The summed E-state index contributed by atoms with van der Waals surface area (Å²) in [6.07, 6.45) is 0.754. The van der Waals surface area contributed by atoms with E-state index in [1.165, 1.54) is 12.1 Å². The average Bonchev–Trinajstić information content (AvgIpc) is 2.26. The number of rotatable bonds is 2. The van der Waals surface area contributed by atoms with Crippen LogP contribution >= 0.6 is 0 Å². The van der Waals surface area contributed by atoms with E-state index >= 15 is 0 Å². The minimum absolute atomic E-state index is 0.341. The standard InChI is InChI=1S/C14H14FNO/c1-9-3-4-16-13(7-9)14(17)11-5-10(2)6-12(15)8-11/h3-8,14,17H,1-2H3. The van der Waals surface area contributed by atoms with Gasteiger partial charge in [0.05, 0.1) is 5.69 Å². The zero-order valence-electron chi connectivity index (χ0n) is 9.81. The molecule has 3 heteroatoms. The molecule has 0 aliphatic rings. The van der Waals surface area contributed by atoms with Gasteiger partial charge in [-0.2, -0.15) is 0 Å². The van der Waals surface area contributed by atoms with Gasteiger partial charge in [-0.05, 0) is 54.8 Å². The van der Waals surface area contributed by atoms with Crippen molar-refractivity contribution >= 4 is 0 Å². The Hall–Kier alpha value is -1.74. The molecule has 88 valence electrons. The van der Waals surface area contributed by atoms with Crippen molar-refractivity contribution in [2.75, 3.05) is 0 Å². The zero-order chi connectivity index (χ0) is 12.4. The largest absolute Gasteiger partial charge is 0.382 e. The minimum atomic E-state index is -0.885. The van der Waals surface area contributed by atoms with Gasteiger partial charge >= 0.3 is 0 Å². The predicted molar refractivity (Wildman–Crippen MR) is 64.2 cm³/mol. The van der Waals surface area contributed by atoms with Crippen LogP contribution in [0.15, 0.2) is 36.5 Å². The van der Waals surface area contributed by atoms with Crippen LogP contribution in [0.2, 0.25) is 0 Å². The van der Waals surface area contributed by atoms with E-state index in [2.05, 4.69) is 4.98 Å². The number of nitrogens with zero attached hydrogens (tertiary/aromatic N) is 1. The van der Waals surface area contributed by atoms with E-state index in [0.29, 0.717) is 11.3 Å². The molecule has 1 heterocycles. The molecule has 1 atom stereocenters. The summed E-state index contributed by atoms with van der Waals surface area (Å²) < 4.78 is 13.3. The van der Waals surface area contributed by atoms with Crippen LogP contribution in [0.5, 0.6) is 0 Å². The van der Waals surface area contributed by atoms with E-state index in [0.717, 1.165) is 11.1 Å². The maximum Gasteiger partial charge on any atom is 0.123 e. The summed E-state index contributed by atoms with van der Waals surface area (Å²) in [5.41, 5.74) is 2.87. The Morgan fingerprint density at radius 3 is 2.53 bits per heavy atom. The summed E-state index contributed by atoms with van der Waals surface area (Å²) in [6, 6.07) is 8.18. The van der Waals surface area contributed by atoms with Crippen molar-refractivity contribution in [3.63, 3.8) is 0 Å². The maximum absolute atomic E-state index is 13.3. The van der Waals surface area contributed by atoms with Crippen LogP contribution in [0.25, 0.3) is 0 Å². The Kier molecular flexibility index (Phi) is 3.20. The van der Waals surface area contributed by atoms with Gasteiger partial charge in [-0.15, -0.1) is 0 Å². The summed E-state index contributed by atoms with van der Waals surface area (Å²) in [4.78, 5) is 4.10. The highest BCUT2D eigenvalue weighted by Gasteiger charge is 2.13. The first kappa shape index (κ1) is 11.7. The van der Waals surface area contributed by atoms with Crippen LogP contribution in [-0.2, 0) is 0 Å². The molecule has 1 aromatic carbocycles. The molecule has 1 unspecified atom stereocenters. The third-order valence-corrected chi connectivity index (χ3v) is 2.60. The van der Waals surface area contributed by atoms with Crippen LogP contribution in [0, 0.1) is 19.7 Å². The minimum Gasteiger partial charge on any atom is -0.382 e. The van der Waals surface area contributed by atoms with Crippen molar-refractivity contribution in [1.82, 2.24) is 4.98 Å². The number of aryl methyl sites for hydroxylation is 2. The fourth-order valence-electron chi connectivity index (χ4n) is 1.80. The first-order chi connectivity index (χ1) is 8.06. The monoisotopic (exact) mass is 231 g/mol. The van der Waals surface area contributed by atoms with Crippen molar-refractivity contribution in [3.8, 4) is 0 Å². The number of aliphatic hydroxyl groups excluding tert-OH is 1. The van der Waals surface area contributed by atoms with Crippen LogP contribution in [0.3, 0.4) is 0 Å². The molecule has 0 aliphatic carbocycles. The first-order valence-corrected chi connectivity index (χ1v) is 5.44. The second-order valence-electron chi connectivity index (χ2n) is 4.22. The van der Waals surface area contributed by atoms with E-state index in [-0.39, 0.29) is 5.82 Å². The lowest BCUT2D eigenvalue weighted by atomic mass is 10.0. The number of hydrogen-bond acceptors (Lipinski definition) is 2. The summed E-state index contributed by atoms with van der Waals surface area (Å²) >= 11 is 0. The highest BCUT2D eigenvalue weighted by Crippen LogP contribution is 2.22.